The SMILES string of the molecule is CC(=O)C1(c2ccccc2)CCNCC1.Cl. The Bertz CT molecular complexity index is 344. The first kappa shape index (κ1) is 13.2. The van der Waals surface area contributed by atoms with Crippen LogP contribution in [0.3, 0.4) is 0 Å². The van der Waals surface area contributed by atoms with Gasteiger partial charge in [0.05, 0.1) is 5.41 Å². The fourth-order valence-electron chi connectivity index (χ4n) is 2.45. The van der Waals surface area contributed by atoms with Gasteiger partial charge in [-0.05, 0) is 38.4 Å². The van der Waals surface area contributed by atoms with Crippen molar-refractivity contribution in [1.82, 2.24) is 5.32 Å². The molecule has 2 rings (SSSR count). The highest BCUT2D eigenvalue weighted by Gasteiger charge is 2.37. The summed E-state index contributed by atoms with van der Waals surface area (Å²) in [4.78, 5) is 11.9. The molecule has 88 valence electrons. The van der Waals surface area contributed by atoms with Crippen LogP contribution in [0.15, 0.2) is 30.3 Å². The normalized spacial score (nSPS) is 18.6. The van der Waals surface area contributed by atoms with Crippen LogP contribution in [0, 0.1) is 0 Å². The van der Waals surface area contributed by atoms with Crippen molar-refractivity contribution in [3.05, 3.63) is 35.9 Å². The molecule has 0 spiro atoms. The van der Waals surface area contributed by atoms with Crippen molar-refractivity contribution in [2.24, 2.45) is 0 Å². The molecule has 0 aromatic heterocycles. The first-order valence-corrected chi connectivity index (χ1v) is 5.53. The number of carbonyl (C=O) groups excluding carboxylic acids is 1. The molecule has 1 aliphatic rings. The molecular formula is C13H18ClNO. The predicted molar refractivity (Wildman–Crippen MR) is 68.2 cm³/mol. The highest BCUT2D eigenvalue weighted by atomic mass is 35.5. The van der Waals surface area contributed by atoms with E-state index >= 15 is 0 Å². The Morgan fingerprint density at radius 3 is 2.25 bits per heavy atom. The summed E-state index contributed by atoms with van der Waals surface area (Å²) in [5.41, 5.74) is 0.950. The Hall–Kier alpha value is -0.860. The van der Waals surface area contributed by atoms with E-state index in [1.807, 2.05) is 18.2 Å². The van der Waals surface area contributed by atoms with E-state index in [4.69, 9.17) is 0 Å². The van der Waals surface area contributed by atoms with Crippen molar-refractivity contribution in [2.75, 3.05) is 13.1 Å². The largest absolute Gasteiger partial charge is 0.317 e. The number of ketones is 1. The molecule has 0 unspecified atom stereocenters. The lowest BCUT2D eigenvalue weighted by molar-refractivity contribution is -0.123. The van der Waals surface area contributed by atoms with Crippen molar-refractivity contribution in [1.29, 1.82) is 0 Å². The average Bonchev–Trinajstić information content (AvgIpc) is 2.31. The van der Waals surface area contributed by atoms with Crippen molar-refractivity contribution in [3.8, 4) is 0 Å². The maximum atomic E-state index is 11.9. The smallest absolute Gasteiger partial charge is 0.140 e. The van der Waals surface area contributed by atoms with Crippen molar-refractivity contribution in [2.45, 2.75) is 25.2 Å². The number of carbonyl (C=O) groups is 1. The van der Waals surface area contributed by atoms with E-state index < -0.39 is 0 Å². The van der Waals surface area contributed by atoms with Gasteiger partial charge in [0.25, 0.3) is 0 Å². The van der Waals surface area contributed by atoms with Gasteiger partial charge >= 0.3 is 0 Å². The first-order valence-electron chi connectivity index (χ1n) is 5.53. The molecule has 1 N–H and O–H groups in total. The van der Waals surface area contributed by atoms with Gasteiger partial charge in [-0.3, -0.25) is 4.79 Å². The number of hydrogen-bond acceptors (Lipinski definition) is 2. The Labute approximate surface area is 103 Å². The van der Waals surface area contributed by atoms with Gasteiger partial charge in [0, 0.05) is 0 Å². The van der Waals surface area contributed by atoms with Gasteiger partial charge < -0.3 is 5.32 Å². The molecule has 1 aromatic rings. The minimum absolute atomic E-state index is 0. The zero-order valence-corrected chi connectivity index (χ0v) is 10.3. The summed E-state index contributed by atoms with van der Waals surface area (Å²) in [6.07, 6.45) is 1.85. The molecule has 1 heterocycles. The molecule has 0 saturated carbocycles. The van der Waals surface area contributed by atoms with Crippen LogP contribution in [-0.4, -0.2) is 18.9 Å². The third kappa shape index (κ3) is 2.28. The zero-order chi connectivity index (χ0) is 10.7. The average molecular weight is 240 g/mol. The quantitative estimate of drug-likeness (QED) is 0.858. The summed E-state index contributed by atoms with van der Waals surface area (Å²) in [7, 11) is 0. The Morgan fingerprint density at radius 2 is 1.75 bits per heavy atom. The molecule has 0 aliphatic carbocycles. The third-order valence-electron chi connectivity index (χ3n) is 3.46. The van der Waals surface area contributed by atoms with Gasteiger partial charge in [0.1, 0.15) is 5.78 Å². The predicted octanol–water partition coefficient (Wildman–Crippen LogP) is 2.32. The van der Waals surface area contributed by atoms with Crippen LogP contribution < -0.4 is 5.32 Å². The lowest BCUT2D eigenvalue weighted by Crippen LogP contribution is -2.44. The number of Topliss-reactive ketones (excluding diaryl/α,β-unsaturated/α-hetero) is 1. The van der Waals surface area contributed by atoms with Gasteiger partial charge in [0.15, 0.2) is 0 Å². The molecular weight excluding hydrogens is 222 g/mol. The fourth-order valence-corrected chi connectivity index (χ4v) is 2.45. The van der Waals surface area contributed by atoms with E-state index in [1.54, 1.807) is 6.92 Å². The summed E-state index contributed by atoms with van der Waals surface area (Å²) in [5.74, 6) is 0.301. The van der Waals surface area contributed by atoms with E-state index in [1.165, 1.54) is 5.56 Å². The Morgan fingerprint density at radius 1 is 1.19 bits per heavy atom. The molecule has 1 aliphatic heterocycles. The Balaban J connectivity index is 0.00000128. The topological polar surface area (TPSA) is 29.1 Å². The van der Waals surface area contributed by atoms with Crippen molar-refractivity contribution >= 4 is 18.2 Å². The van der Waals surface area contributed by atoms with Crippen LogP contribution in [-0.2, 0) is 10.2 Å². The second-order valence-electron chi connectivity index (χ2n) is 4.25. The summed E-state index contributed by atoms with van der Waals surface area (Å²) >= 11 is 0. The first-order chi connectivity index (χ1) is 7.26. The number of hydrogen-bond donors (Lipinski definition) is 1. The fraction of sp³-hybridized carbons (Fsp3) is 0.462. The molecule has 3 heteroatoms. The Kier molecular flexibility index (Phi) is 4.51. The van der Waals surface area contributed by atoms with E-state index in [0.29, 0.717) is 5.78 Å². The summed E-state index contributed by atoms with van der Waals surface area (Å²) in [6.45, 7) is 3.60. The zero-order valence-electron chi connectivity index (χ0n) is 9.53. The molecule has 0 bridgehead atoms. The molecule has 0 radical (unpaired) electrons. The summed E-state index contributed by atoms with van der Waals surface area (Å²) < 4.78 is 0. The molecule has 0 atom stereocenters. The van der Waals surface area contributed by atoms with E-state index in [2.05, 4.69) is 17.4 Å². The standard InChI is InChI=1S/C13H17NO.ClH/c1-11(15)13(7-9-14-10-8-13)12-5-3-2-4-6-12;/h2-6,14H,7-10H2,1H3;1H. The van der Waals surface area contributed by atoms with E-state index in [-0.39, 0.29) is 17.8 Å². The van der Waals surface area contributed by atoms with Gasteiger partial charge in [-0.1, -0.05) is 30.3 Å². The van der Waals surface area contributed by atoms with Gasteiger partial charge in [0.2, 0.25) is 0 Å². The molecule has 1 fully saturated rings. The lowest BCUT2D eigenvalue weighted by Gasteiger charge is -2.35. The second-order valence-corrected chi connectivity index (χ2v) is 4.25. The minimum atomic E-state index is -0.230. The molecule has 16 heavy (non-hydrogen) atoms. The third-order valence-corrected chi connectivity index (χ3v) is 3.46. The van der Waals surface area contributed by atoms with Gasteiger partial charge in [-0.25, -0.2) is 0 Å². The highest BCUT2D eigenvalue weighted by Crippen LogP contribution is 2.34. The van der Waals surface area contributed by atoms with Crippen molar-refractivity contribution < 1.29 is 4.79 Å². The minimum Gasteiger partial charge on any atom is -0.317 e. The maximum absolute atomic E-state index is 11.9. The number of rotatable bonds is 2. The lowest BCUT2D eigenvalue weighted by atomic mass is 9.70. The van der Waals surface area contributed by atoms with E-state index in [9.17, 15) is 4.79 Å². The number of piperidine rings is 1. The molecule has 2 nitrogen and oxygen atoms in total. The van der Waals surface area contributed by atoms with E-state index in [0.717, 1.165) is 25.9 Å². The van der Waals surface area contributed by atoms with Crippen LogP contribution >= 0.6 is 12.4 Å². The summed E-state index contributed by atoms with van der Waals surface area (Å²) in [5, 5.41) is 3.31. The van der Waals surface area contributed by atoms with Crippen LogP contribution in [0.4, 0.5) is 0 Å². The number of benzene rings is 1. The highest BCUT2D eigenvalue weighted by molar-refractivity contribution is 5.88. The monoisotopic (exact) mass is 239 g/mol. The molecule has 1 saturated heterocycles. The molecule has 0 amide bonds. The maximum Gasteiger partial charge on any atom is 0.140 e. The van der Waals surface area contributed by atoms with Gasteiger partial charge in [-0.2, -0.15) is 0 Å². The number of halogens is 1. The second kappa shape index (κ2) is 5.46. The van der Waals surface area contributed by atoms with Crippen LogP contribution in [0.5, 0.6) is 0 Å². The van der Waals surface area contributed by atoms with Gasteiger partial charge in [-0.15, -0.1) is 12.4 Å². The summed E-state index contributed by atoms with van der Waals surface area (Å²) in [6, 6.07) is 10.2. The van der Waals surface area contributed by atoms with Crippen molar-refractivity contribution in [3.63, 3.8) is 0 Å². The van der Waals surface area contributed by atoms with Crippen LogP contribution in [0.2, 0.25) is 0 Å². The molecule has 1 aromatic carbocycles. The number of nitrogens with one attached hydrogen (secondary N) is 1. The van der Waals surface area contributed by atoms with Crippen LogP contribution in [0.25, 0.3) is 0 Å². The van der Waals surface area contributed by atoms with Crippen LogP contribution in [0.1, 0.15) is 25.3 Å².